The number of hydrogen-bond acceptors (Lipinski definition) is 0. The zero-order chi connectivity index (χ0) is 13.8. The molecular weight excluding hydrogens is 216 g/mol. The first-order valence-corrected chi connectivity index (χ1v) is 7.55. The molecule has 0 aromatic carbocycles. The molecule has 2 atom stereocenters. The fourth-order valence-corrected chi connectivity index (χ4v) is 2.23. The lowest BCUT2D eigenvalue weighted by Gasteiger charge is -2.15. The highest BCUT2D eigenvalue weighted by Crippen LogP contribution is 2.22. The van der Waals surface area contributed by atoms with E-state index in [4.69, 9.17) is 0 Å². The standard InChI is InChI=1S/C18H32/c1-6-9-10-11-13-18(14-16(4)8-3)15-17(5)12-7-2/h6-7,14,16-17H,1-2,8-13,15H2,3-5H3. The summed E-state index contributed by atoms with van der Waals surface area (Å²) in [5.74, 6) is 1.45. The van der Waals surface area contributed by atoms with Gasteiger partial charge in [0.05, 0.1) is 0 Å². The third-order valence-electron chi connectivity index (χ3n) is 3.50. The van der Waals surface area contributed by atoms with E-state index in [-0.39, 0.29) is 0 Å². The SMILES string of the molecule is C=CCCCCC(=CC(C)CC)CC(C)CC=C. The molecule has 0 N–H and O–H groups in total. The molecule has 0 aliphatic carbocycles. The van der Waals surface area contributed by atoms with Crippen LogP contribution in [0.15, 0.2) is 37.0 Å². The van der Waals surface area contributed by atoms with E-state index in [2.05, 4.69) is 40.0 Å². The van der Waals surface area contributed by atoms with E-state index < -0.39 is 0 Å². The summed E-state index contributed by atoms with van der Waals surface area (Å²) >= 11 is 0. The summed E-state index contributed by atoms with van der Waals surface area (Å²) in [5, 5.41) is 0. The van der Waals surface area contributed by atoms with E-state index in [0.717, 1.165) is 24.7 Å². The predicted octanol–water partition coefficient (Wildman–Crippen LogP) is 6.31. The van der Waals surface area contributed by atoms with Crippen molar-refractivity contribution >= 4 is 0 Å². The molecule has 0 aliphatic heterocycles. The lowest BCUT2D eigenvalue weighted by molar-refractivity contribution is 0.557. The summed E-state index contributed by atoms with van der Waals surface area (Å²) in [7, 11) is 0. The molecule has 0 aromatic heterocycles. The molecule has 0 heterocycles. The number of unbranched alkanes of at least 4 members (excludes halogenated alkanes) is 2. The van der Waals surface area contributed by atoms with Crippen molar-refractivity contribution < 1.29 is 0 Å². The Morgan fingerprint density at radius 3 is 2.39 bits per heavy atom. The van der Waals surface area contributed by atoms with E-state index in [1.54, 1.807) is 5.57 Å². The second-order valence-electron chi connectivity index (χ2n) is 5.58. The van der Waals surface area contributed by atoms with Crippen molar-refractivity contribution in [2.75, 3.05) is 0 Å². The molecule has 0 heteroatoms. The average Bonchev–Trinajstić information content (AvgIpc) is 2.34. The van der Waals surface area contributed by atoms with Crippen molar-refractivity contribution in [1.82, 2.24) is 0 Å². The van der Waals surface area contributed by atoms with Crippen LogP contribution in [0.4, 0.5) is 0 Å². The maximum Gasteiger partial charge on any atom is -0.0262 e. The van der Waals surface area contributed by atoms with Gasteiger partial charge in [0.2, 0.25) is 0 Å². The van der Waals surface area contributed by atoms with Gasteiger partial charge in [0.1, 0.15) is 0 Å². The lowest BCUT2D eigenvalue weighted by atomic mass is 9.91. The van der Waals surface area contributed by atoms with Gasteiger partial charge in [0.15, 0.2) is 0 Å². The summed E-state index contributed by atoms with van der Waals surface area (Å²) < 4.78 is 0. The van der Waals surface area contributed by atoms with Crippen molar-refractivity contribution in [3.63, 3.8) is 0 Å². The van der Waals surface area contributed by atoms with E-state index in [1.165, 1.54) is 32.1 Å². The van der Waals surface area contributed by atoms with E-state index in [9.17, 15) is 0 Å². The van der Waals surface area contributed by atoms with Crippen LogP contribution < -0.4 is 0 Å². The normalized spacial score (nSPS) is 15.2. The van der Waals surface area contributed by atoms with Crippen molar-refractivity contribution in [3.8, 4) is 0 Å². The molecule has 0 saturated carbocycles. The van der Waals surface area contributed by atoms with Crippen molar-refractivity contribution in [2.45, 2.75) is 65.7 Å². The fraction of sp³-hybridized carbons (Fsp3) is 0.667. The maximum absolute atomic E-state index is 3.84. The Bertz CT molecular complexity index is 247. The molecule has 0 aromatic rings. The second kappa shape index (κ2) is 11.3. The molecule has 0 fully saturated rings. The summed E-state index contributed by atoms with van der Waals surface area (Å²) in [6.07, 6.45) is 15.2. The van der Waals surface area contributed by atoms with Gasteiger partial charge in [0, 0.05) is 0 Å². The van der Waals surface area contributed by atoms with Crippen LogP contribution in [-0.2, 0) is 0 Å². The average molecular weight is 248 g/mol. The zero-order valence-electron chi connectivity index (χ0n) is 12.8. The van der Waals surface area contributed by atoms with Crippen LogP contribution >= 0.6 is 0 Å². The first-order chi connectivity index (χ1) is 8.63. The molecule has 0 bridgehead atoms. The highest BCUT2D eigenvalue weighted by molar-refractivity contribution is 5.05. The van der Waals surface area contributed by atoms with Crippen molar-refractivity contribution in [2.24, 2.45) is 11.8 Å². The van der Waals surface area contributed by atoms with Crippen molar-refractivity contribution in [1.29, 1.82) is 0 Å². The Balaban J connectivity index is 4.28. The first kappa shape index (κ1) is 17.2. The Labute approximate surface area is 115 Å². The van der Waals surface area contributed by atoms with Gasteiger partial charge in [-0.05, 0) is 50.4 Å². The monoisotopic (exact) mass is 248 g/mol. The van der Waals surface area contributed by atoms with Gasteiger partial charge >= 0.3 is 0 Å². The summed E-state index contributed by atoms with van der Waals surface area (Å²) in [6, 6.07) is 0. The third kappa shape index (κ3) is 9.27. The topological polar surface area (TPSA) is 0 Å². The van der Waals surface area contributed by atoms with Crippen LogP contribution in [0.2, 0.25) is 0 Å². The Kier molecular flexibility index (Phi) is 10.8. The van der Waals surface area contributed by atoms with Crippen LogP contribution in [0, 0.1) is 11.8 Å². The molecular formula is C18H32. The fourth-order valence-electron chi connectivity index (χ4n) is 2.23. The van der Waals surface area contributed by atoms with Crippen LogP contribution in [0.5, 0.6) is 0 Å². The summed E-state index contributed by atoms with van der Waals surface area (Å²) in [6.45, 7) is 14.5. The minimum atomic E-state index is 0.718. The Morgan fingerprint density at radius 1 is 1.11 bits per heavy atom. The molecule has 18 heavy (non-hydrogen) atoms. The van der Waals surface area contributed by atoms with Crippen LogP contribution in [0.3, 0.4) is 0 Å². The smallest absolute Gasteiger partial charge is 0.0262 e. The molecule has 0 amide bonds. The van der Waals surface area contributed by atoms with E-state index in [0.29, 0.717) is 0 Å². The van der Waals surface area contributed by atoms with E-state index in [1.807, 2.05) is 12.2 Å². The van der Waals surface area contributed by atoms with Gasteiger partial charge < -0.3 is 0 Å². The third-order valence-corrected chi connectivity index (χ3v) is 3.50. The van der Waals surface area contributed by atoms with Gasteiger partial charge in [0.25, 0.3) is 0 Å². The summed E-state index contributed by atoms with van der Waals surface area (Å²) in [5.41, 5.74) is 1.66. The molecule has 104 valence electrons. The van der Waals surface area contributed by atoms with Gasteiger partial charge in [-0.2, -0.15) is 0 Å². The van der Waals surface area contributed by atoms with Gasteiger partial charge in [-0.3, -0.25) is 0 Å². The molecule has 0 rings (SSSR count). The minimum absolute atomic E-state index is 0.718. The molecule has 0 radical (unpaired) electrons. The molecule has 0 nitrogen and oxygen atoms in total. The first-order valence-electron chi connectivity index (χ1n) is 7.55. The number of rotatable bonds is 11. The summed E-state index contributed by atoms with van der Waals surface area (Å²) in [4.78, 5) is 0. The highest BCUT2D eigenvalue weighted by atomic mass is 14.1. The molecule has 2 unspecified atom stereocenters. The van der Waals surface area contributed by atoms with Crippen LogP contribution in [0.25, 0.3) is 0 Å². The van der Waals surface area contributed by atoms with Gasteiger partial charge in [-0.15, -0.1) is 13.2 Å². The quantitative estimate of drug-likeness (QED) is 0.297. The number of allylic oxidation sites excluding steroid dienone is 4. The lowest BCUT2D eigenvalue weighted by Crippen LogP contribution is -1.99. The highest BCUT2D eigenvalue weighted by Gasteiger charge is 2.06. The molecule has 0 aliphatic rings. The molecule has 0 saturated heterocycles. The Morgan fingerprint density at radius 2 is 1.83 bits per heavy atom. The zero-order valence-corrected chi connectivity index (χ0v) is 12.8. The van der Waals surface area contributed by atoms with Crippen LogP contribution in [0.1, 0.15) is 65.7 Å². The molecule has 0 spiro atoms. The second-order valence-corrected chi connectivity index (χ2v) is 5.58. The predicted molar refractivity (Wildman–Crippen MR) is 84.8 cm³/mol. The maximum atomic E-state index is 3.84. The van der Waals surface area contributed by atoms with Crippen molar-refractivity contribution in [3.05, 3.63) is 37.0 Å². The van der Waals surface area contributed by atoms with Crippen LogP contribution in [-0.4, -0.2) is 0 Å². The Hall–Kier alpha value is -0.780. The van der Waals surface area contributed by atoms with E-state index >= 15 is 0 Å². The largest absolute Gasteiger partial charge is 0.103 e. The van der Waals surface area contributed by atoms with Gasteiger partial charge in [-0.1, -0.05) is 51.0 Å². The van der Waals surface area contributed by atoms with Gasteiger partial charge in [-0.25, -0.2) is 0 Å². The number of hydrogen-bond donors (Lipinski definition) is 0. The minimum Gasteiger partial charge on any atom is -0.103 e.